The van der Waals surface area contributed by atoms with Gasteiger partial charge in [0.2, 0.25) is 0 Å². The molecule has 162 valence electrons. The highest BCUT2D eigenvalue weighted by Crippen LogP contribution is 2.30. The monoisotopic (exact) mass is 576 g/mol. The van der Waals surface area contributed by atoms with Crippen molar-refractivity contribution in [1.82, 2.24) is 5.32 Å². The van der Waals surface area contributed by atoms with Crippen molar-refractivity contribution in [3.8, 4) is 5.75 Å². The van der Waals surface area contributed by atoms with Crippen LogP contribution in [0.4, 0.5) is 5.69 Å². The van der Waals surface area contributed by atoms with Crippen LogP contribution in [0.5, 0.6) is 5.75 Å². The number of carbonyl (C=O) groups excluding carboxylic acids is 1. The van der Waals surface area contributed by atoms with Gasteiger partial charge in [-0.1, -0.05) is 42.0 Å². The third-order valence-corrected chi connectivity index (χ3v) is 7.50. The number of benzene rings is 3. The number of carbonyl (C=O) groups is 1. The van der Waals surface area contributed by atoms with Crippen LogP contribution in [0.3, 0.4) is 0 Å². The van der Waals surface area contributed by atoms with Crippen LogP contribution in [0.1, 0.15) is 11.1 Å². The van der Waals surface area contributed by atoms with Gasteiger partial charge in [0.05, 0.1) is 10.6 Å². The van der Waals surface area contributed by atoms with E-state index in [0.717, 1.165) is 20.4 Å². The maximum atomic E-state index is 12.4. The molecule has 1 amide bonds. The molecule has 3 aromatic carbocycles. The van der Waals surface area contributed by atoms with E-state index in [1.54, 1.807) is 42.5 Å². The highest BCUT2D eigenvalue weighted by Gasteiger charge is 2.24. The van der Waals surface area contributed by atoms with Gasteiger partial charge in [0.1, 0.15) is 10.6 Å². The number of hydrogen-bond acceptors (Lipinski definition) is 6. The summed E-state index contributed by atoms with van der Waals surface area (Å²) in [5.74, 6) is -0.0425. The van der Waals surface area contributed by atoms with Crippen LogP contribution in [0.15, 0.2) is 87.6 Å². The molecule has 0 saturated carbocycles. The lowest BCUT2D eigenvalue weighted by atomic mass is 10.2. The summed E-state index contributed by atoms with van der Waals surface area (Å²) in [5.41, 5.74) is 2.48. The maximum absolute atomic E-state index is 12.4. The Labute approximate surface area is 204 Å². The zero-order valence-electron chi connectivity index (χ0n) is 16.8. The molecule has 0 aromatic heterocycles. The smallest absolute Gasteiger partial charge is 0.339 e. The van der Waals surface area contributed by atoms with Gasteiger partial charge in [0, 0.05) is 3.57 Å². The van der Waals surface area contributed by atoms with E-state index in [4.69, 9.17) is 4.18 Å². The molecule has 0 radical (unpaired) electrons. The van der Waals surface area contributed by atoms with E-state index in [-0.39, 0.29) is 16.6 Å². The zero-order valence-corrected chi connectivity index (χ0v) is 20.6. The van der Waals surface area contributed by atoms with Crippen molar-refractivity contribution in [2.24, 2.45) is 4.99 Å². The summed E-state index contributed by atoms with van der Waals surface area (Å²) in [5, 5.41) is 3.27. The number of para-hydroxylation sites is 1. The van der Waals surface area contributed by atoms with E-state index in [9.17, 15) is 13.2 Å². The molecule has 1 heterocycles. The number of rotatable bonds is 5. The van der Waals surface area contributed by atoms with E-state index in [1.165, 1.54) is 23.9 Å². The normalized spacial score (nSPS) is 16.4. The number of amides is 1. The molecule has 32 heavy (non-hydrogen) atoms. The van der Waals surface area contributed by atoms with Crippen LogP contribution in [0, 0.1) is 10.5 Å². The Kier molecular flexibility index (Phi) is 6.68. The lowest BCUT2D eigenvalue weighted by molar-refractivity contribution is -0.115. The Bertz CT molecular complexity index is 1330. The van der Waals surface area contributed by atoms with Crippen LogP contribution >= 0.6 is 34.4 Å². The quantitative estimate of drug-likeness (QED) is 0.255. The number of hydrogen-bond donors (Lipinski definition) is 1. The number of aliphatic imine (C=N–C) groups is 1. The Morgan fingerprint density at radius 1 is 1.00 bits per heavy atom. The lowest BCUT2D eigenvalue weighted by Gasteiger charge is -2.07. The summed E-state index contributed by atoms with van der Waals surface area (Å²) in [6.07, 6.45) is 1.72. The van der Waals surface area contributed by atoms with Crippen LogP contribution < -0.4 is 9.50 Å². The van der Waals surface area contributed by atoms with Crippen molar-refractivity contribution < 1.29 is 17.4 Å². The Morgan fingerprint density at radius 3 is 2.38 bits per heavy atom. The van der Waals surface area contributed by atoms with Gasteiger partial charge >= 0.3 is 10.1 Å². The molecule has 1 N–H and O–H groups in total. The standard InChI is InChI=1S/C23H17IN2O4S2/c1-15-6-12-18(13-7-15)32(28,29)30-17-10-8-16(9-11-17)14-21-22(27)26-23(31-21)25-20-5-3-2-4-19(20)24/h2-14H,1H3,(H,25,26,27)/b21-14+. The van der Waals surface area contributed by atoms with E-state index >= 15 is 0 Å². The molecule has 1 aliphatic rings. The molecule has 9 heteroatoms. The maximum Gasteiger partial charge on any atom is 0.339 e. The molecule has 0 unspecified atom stereocenters. The molecule has 0 aliphatic carbocycles. The first kappa shape index (κ1) is 22.6. The molecule has 1 saturated heterocycles. The molecule has 0 spiro atoms. The van der Waals surface area contributed by atoms with E-state index < -0.39 is 10.1 Å². The SMILES string of the molecule is Cc1ccc(S(=O)(=O)Oc2ccc(/C=C3/SC(=Nc4ccccc4I)NC3=O)cc2)cc1. The van der Waals surface area contributed by atoms with Crippen molar-refractivity contribution in [2.45, 2.75) is 11.8 Å². The minimum atomic E-state index is -3.91. The Balaban J connectivity index is 1.48. The fraction of sp³-hybridized carbons (Fsp3) is 0.0435. The van der Waals surface area contributed by atoms with Gasteiger partial charge in [0.15, 0.2) is 5.17 Å². The van der Waals surface area contributed by atoms with Crippen molar-refractivity contribution >= 4 is 67.3 Å². The fourth-order valence-corrected chi connectivity index (χ4v) is 5.06. The summed E-state index contributed by atoms with van der Waals surface area (Å²) in [4.78, 5) is 17.4. The average Bonchev–Trinajstić information content (AvgIpc) is 3.10. The van der Waals surface area contributed by atoms with E-state index in [2.05, 4.69) is 32.9 Å². The third-order valence-electron chi connectivity index (χ3n) is 4.42. The summed E-state index contributed by atoms with van der Waals surface area (Å²) in [6, 6.07) is 20.6. The summed E-state index contributed by atoms with van der Waals surface area (Å²) >= 11 is 3.44. The number of halogens is 1. The molecular formula is C23H17IN2O4S2. The topological polar surface area (TPSA) is 84.8 Å². The predicted octanol–water partition coefficient (Wildman–Crippen LogP) is 5.26. The number of nitrogens with zero attached hydrogens (tertiary/aromatic N) is 1. The van der Waals surface area contributed by atoms with Crippen molar-refractivity contribution in [1.29, 1.82) is 0 Å². The largest absolute Gasteiger partial charge is 0.379 e. The van der Waals surface area contributed by atoms with Gasteiger partial charge < -0.3 is 9.50 Å². The number of aryl methyl sites for hydroxylation is 1. The van der Waals surface area contributed by atoms with Crippen molar-refractivity contribution in [3.63, 3.8) is 0 Å². The number of thioether (sulfide) groups is 1. The molecule has 1 aliphatic heterocycles. The fourth-order valence-electron chi connectivity index (χ4n) is 2.78. The van der Waals surface area contributed by atoms with Gasteiger partial charge in [0.25, 0.3) is 5.91 Å². The predicted molar refractivity (Wildman–Crippen MR) is 135 cm³/mol. The number of amidine groups is 1. The zero-order chi connectivity index (χ0) is 22.7. The molecule has 6 nitrogen and oxygen atoms in total. The summed E-state index contributed by atoms with van der Waals surface area (Å²) in [6.45, 7) is 1.88. The lowest BCUT2D eigenvalue weighted by Crippen LogP contribution is -2.19. The van der Waals surface area contributed by atoms with Crippen LogP contribution in [-0.2, 0) is 14.9 Å². The number of nitrogens with one attached hydrogen (secondary N) is 1. The van der Waals surface area contributed by atoms with Gasteiger partial charge in [-0.15, -0.1) is 0 Å². The van der Waals surface area contributed by atoms with Gasteiger partial charge in [-0.2, -0.15) is 8.42 Å². The molecule has 1 fully saturated rings. The van der Waals surface area contributed by atoms with Crippen LogP contribution in [0.25, 0.3) is 6.08 Å². The highest BCUT2D eigenvalue weighted by molar-refractivity contribution is 14.1. The van der Waals surface area contributed by atoms with Gasteiger partial charge in [-0.05, 0) is 89.3 Å². The second kappa shape index (κ2) is 9.47. The first-order valence-electron chi connectivity index (χ1n) is 9.45. The molecular weight excluding hydrogens is 559 g/mol. The summed E-state index contributed by atoms with van der Waals surface area (Å²) < 4.78 is 31.1. The third kappa shape index (κ3) is 5.40. The minimum Gasteiger partial charge on any atom is -0.379 e. The van der Waals surface area contributed by atoms with Crippen LogP contribution in [0.2, 0.25) is 0 Å². The highest BCUT2D eigenvalue weighted by atomic mass is 127. The minimum absolute atomic E-state index is 0.0909. The molecule has 0 atom stereocenters. The van der Waals surface area contributed by atoms with Gasteiger partial charge in [-0.25, -0.2) is 4.99 Å². The first-order chi connectivity index (χ1) is 15.3. The Hall–Kier alpha value is -2.63. The molecule has 4 rings (SSSR count). The molecule has 3 aromatic rings. The second-order valence-electron chi connectivity index (χ2n) is 6.85. The molecule has 0 bridgehead atoms. The summed E-state index contributed by atoms with van der Waals surface area (Å²) in [7, 11) is -3.91. The first-order valence-corrected chi connectivity index (χ1v) is 12.8. The average molecular weight is 576 g/mol. The van der Waals surface area contributed by atoms with Gasteiger partial charge in [-0.3, -0.25) is 4.79 Å². The van der Waals surface area contributed by atoms with Crippen molar-refractivity contribution in [3.05, 3.63) is 92.4 Å². The van der Waals surface area contributed by atoms with Crippen LogP contribution in [-0.4, -0.2) is 19.5 Å². The Morgan fingerprint density at radius 2 is 1.69 bits per heavy atom. The van der Waals surface area contributed by atoms with E-state index in [0.29, 0.717) is 10.1 Å². The second-order valence-corrected chi connectivity index (χ2v) is 10.6. The van der Waals surface area contributed by atoms with E-state index in [1.807, 2.05) is 31.2 Å². The van der Waals surface area contributed by atoms with Crippen molar-refractivity contribution in [2.75, 3.05) is 0 Å².